The third kappa shape index (κ3) is 2.93. The molecule has 1 aromatic heterocycles. The topological polar surface area (TPSA) is 104 Å². The molecule has 1 atom stereocenters. The standard InChI is InChI=1S/C10H10F3N3O4S/c1-6-5-15-8(9(14)3-2-4-19-9)16-7(6)20-21(17,18)10(11,12)13/h2,4-5H,3,14H2,1H3. The lowest BCUT2D eigenvalue weighted by molar-refractivity contribution is -0.0501. The maximum Gasteiger partial charge on any atom is 0.534 e. The second-order valence-electron chi connectivity index (χ2n) is 4.25. The Morgan fingerprint density at radius 1 is 1.48 bits per heavy atom. The Balaban J connectivity index is 2.37. The van der Waals surface area contributed by atoms with Gasteiger partial charge in [0, 0.05) is 18.2 Å². The average molecular weight is 325 g/mol. The van der Waals surface area contributed by atoms with Crippen LogP contribution in [0.2, 0.25) is 0 Å². The molecule has 2 heterocycles. The lowest BCUT2D eigenvalue weighted by atomic mass is 10.1. The van der Waals surface area contributed by atoms with Crippen molar-refractivity contribution in [2.75, 3.05) is 0 Å². The van der Waals surface area contributed by atoms with Gasteiger partial charge in [-0.2, -0.15) is 26.6 Å². The number of alkyl halides is 3. The molecule has 0 aliphatic carbocycles. The highest BCUT2D eigenvalue weighted by Gasteiger charge is 2.49. The maximum atomic E-state index is 12.3. The lowest BCUT2D eigenvalue weighted by Crippen LogP contribution is -2.38. The van der Waals surface area contributed by atoms with Crippen molar-refractivity contribution in [3.63, 3.8) is 0 Å². The molecule has 1 unspecified atom stereocenters. The van der Waals surface area contributed by atoms with Crippen LogP contribution in [0.15, 0.2) is 18.5 Å². The monoisotopic (exact) mass is 325 g/mol. The molecule has 2 N–H and O–H groups in total. The Morgan fingerprint density at radius 3 is 2.67 bits per heavy atom. The van der Waals surface area contributed by atoms with Gasteiger partial charge >= 0.3 is 15.6 Å². The van der Waals surface area contributed by atoms with E-state index < -0.39 is 27.2 Å². The second kappa shape index (κ2) is 4.84. The third-order valence-corrected chi connectivity index (χ3v) is 3.52. The number of hydrogen-bond acceptors (Lipinski definition) is 7. The Morgan fingerprint density at radius 2 is 2.14 bits per heavy atom. The summed E-state index contributed by atoms with van der Waals surface area (Å²) in [5, 5.41) is 0. The summed E-state index contributed by atoms with van der Waals surface area (Å²) >= 11 is 0. The van der Waals surface area contributed by atoms with Crippen LogP contribution in [0.1, 0.15) is 17.8 Å². The normalized spacial score (nSPS) is 22.1. The van der Waals surface area contributed by atoms with Crippen LogP contribution in [0, 0.1) is 6.92 Å². The number of nitrogens with zero attached hydrogens (tertiary/aromatic N) is 2. The molecule has 1 aliphatic heterocycles. The highest BCUT2D eigenvalue weighted by atomic mass is 32.2. The van der Waals surface area contributed by atoms with Crippen molar-refractivity contribution in [2.45, 2.75) is 24.6 Å². The molecule has 0 aromatic carbocycles. The first kappa shape index (κ1) is 15.5. The van der Waals surface area contributed by atoms with E-state index in [0.717, 1.165) is 6.20 Å². The molecular weight excluding hydrogens is 315 g/mol. The molecule has 0 radical (unpaired) electrons. The van der Waals surface area contributed by atoms with Crippen molar-refractivity contribution in [3.05, 3.63) is 29.9 Å². The Labute approximate surface area is 117 Å². The first-order valence-corrected chi connectivity index (χ1v) is 6.92. The van der Waals surface area contributed by atoms with E-state index in [1.165, 1.54) is 13.2 Å². The number of ether oxygens (including phenoxy) is 1. The molecule has 1 aromatic rings. The van der Waals surface area contributed by atoms with Crippen LogP contribution in [0.25, 0.3) is 0 Å². The minimum Gasteiger partial charge on any atom is -0.473 e. The van der Waals surface area contributed by atoms with Crippen LogP contribution in [-0.2, 0) is 20.6 Å². The van der Waals surface area contributed by atoms with Gasteiger partial charge in [-0.15, -0.1) is 0 Å². The van der Waals surface area contributed by atoms with E-state index in [0.29, 0.717) is 0 Å². The van der Waals surface area contributed by atoms with Crippen molar-refractivity contribution >= 4 is 10.1 Å². The van der Waals surface area contributed by atoms with Crippen LogP contribution < -0.4 is 9.92 Å². The van der Waals surface area contributed by atoms with E-state index in [1.807, 2.05) is 0 Å². The van der Waals surface area contributed by atoms with Gasteiger partial charge in [0.15, 0.2) is 5.82 Å². The summed E-state index contributed by atoms with van der Waals surface area (Å²) in [5.74, 6) is -0.942. The van der Waals surface area contributed by atoms with Crippen LogP contribution in [-0.4, -0.2) is 23.9 Å². The van der Waals surface area contributed by atoms with Gasteiger partial charge in [-0.3, -0.25) is 5.73 Å². The molecule has 11 heteroatoms. The van der Waals surface area contributed by atoms with Crippen LogP contribution in [0.3, 0.4) is 0 Å². The quantitative estimate of drug-likeness (QED) is 0.654. The van der Waals surface area contributed by atoms with Crippen molar-refractivity contribution in [3.8, 4) is 5.88 Å². The molecular formula is C10H10F3N3O4S. The fourth-order valence-corrected chi connectivity index (χ4v) is 1.92. The number of aryl methyl sites for hydroxylation is 1. The Hall–Kier alpha value is -1.88. The van der Waals surface area contributed by atoms with Gasteiger partial charge in [-0.25, -0.2) is 4.98 Å². The van der Waals surface area contributed by atoms with Crippen molar-refractivity contribution < 1.29 is 30.5 Å². The minimum atomic E-state index is -5.82. The number of rotatable bonds is 3. The first-order chi connectivity index (χ1) is 9.55. The van der Waals surface area contributed by atoms with Crippen LogP contribution >= 0.6 is 0 Å². The zero-order valence-corrected chi connectivity index (χ0v) is 11.4. The summed E-state index contributed by atoms with van der Waals surface area (Å²) in [5.41, 5.74) is -1.21. The summed E-state index contributed by atoms with van der Waals surface area (Å²) in [6.45, 7) is 1.29. The number of nitrogens with two attached hydrogens (primary N) is 1. The van der Waals surface area contributed by atoms with Crippen molar-refractivity contribution in [1.29, 1.82) is 0 Å². The van der Waals surface area contributed by atoms with Gasteiger partial charge in [0.1, 0.15) is 0 Å². The fourth-order valence-electron chi connectivity index (χ4n) is 1.45. The van der Waals surface area contributed by atoms with Gasteiger partial charge in [0.2, 0.25) is 11.6 Å². The molecule has 0 saturated carbocycles. The highest BCUT2D eigenvalue weighted by molar-refractivity contribution is 7.87. The molecule has 2 rings (SSSR count). The zero-order valence-electron chi connectivity index (χ0n) is 10.6. The predicted octanol–water partition coefficient (Wildman–Crippen LogP) is 1.06. The number of halogens is 3. The van der Waals surface area contributed by atoms with Gasteiger partial charge in [0.05, 0.1) is 6.26 Å². The Kier molecular flexibility index (Phi) is 3.58. The maximum absolute atomic E-state index is 12.3. The minimum absolute atomic E-state index is 0.00105. The fraction of sp³-hybridized carbons (Fsp3) is 0.400. The average Bonchev–Trinajstić information content (AvgIpc) is 2.78. The molecule has 0 bridgehead atoms. The molecule has 0 spiro atoms. The van der Waals surface area contributed by atoms with Crippen molar-refractivity contribution in [1.82, 2.24) is 9.97 Å². The molecule has 7 nitrogen and oxygen atoms in total. The van der Waals surface area contributed by atoms with Gasteiger partial charge in [-0.05, 0) is 13.0 Å². The van der Waals surface area contributed by atoms with Crippen molar-refractivity contribution in [2.24, 2.45) is 5.73 Å². The van der Waals surface area contributed by atoms with Crippen LogP contribution in [0.5, 0.6) is 5.88 Å². The van der Waals surface area contributed by atoms with Gasteiger partial charge < -0.3 is 8.92 Å². The lowest BCUT2D eigenvalue weighted by Gasteiger charge is -2.22. The molecule has 21 heavy (non-hydrogen) atoms. The third-order valence-electron chi connectivity index (χ3n) is 2.57. The first-order valence-electron chi connectivity index (χ1n) is 5.52. The van der Waals surface area contributed by atoms with Gasteiger partial charge in [0.25, 0.3) is 0 Å². The van der Waals surface area contributed by atoms with E-state index in [4.69, 9.17) is 10.5 Å². The van der Waals surface area contributed by atoms with E-state index in [2.05, 4.69) is 14.2 Å². The number of hydrogen-bond donors (Lipinski definition) is 1. The summed E-state index contributed by atoms with van der Waals surface area (Å²) in [7, 11) is -5.82. The molecule has 0 saturated heterocycles. The van der Waals surface area contributed by atoms with E-state index >= 15 is 0 Å². The summed E-state index contributed by atoms with van der Waals surface area (Å²) < 4.78 is 68.0. The second-order valence-corrected chi connectivity index (χ2v) is 5.79. The van der Waals surface area contributed by atoms with E-state index in [9.17, 15) is 21.6 Å². The van der Waals surface area contributed by atoms with E-state index in [1.54, 1.807) is 6.08 Å². The summed E-state index contributed by atoms with van der Waals surface area (Å²) in [6.07, 6.45) is 4.13. The molecule has 1 aliphatic rings. The Bertz CT molecular complexity index is 679. The van der Waals surface area contributed by atoms with E-state index in [-0.39, 0.29) is 17.8 Å². The molecule has 0 amide bonds. The molecule has 0 fully saturated rings. The smallest absolute Gasteiger partial charge is 0.473 e. The predicted molar refractivity (Wildman–Crippen MR) is 63.1 cm³/mol. The highest BCUT2D eigenvalue weighted by Crippen LogP contribution is 2.31. The zero-order chi connectivity index (χ0) is 15.9. The van der Waals surface area contributed by atoms with Crippen LogP contribution in [0.4, 0.5) is 13.2 Å². The SMILES string of the molecule is Cc1cnc(C2(N)CC=CO2)nc1OS(=O)(=O)C(F)(F)F. The summed E-state index contributed by atoms with van der Waals surface area (Å²) in [6, 6.07) is 0. The largest absolute Gasteiger partial charge is 0.534 e. The number of aromatic nitrogens is 2. The van der Waals surface area contributed by atoms with Gasteiger partial charge in [-0.1, -0.05) is 0 Å². The summed E-state index contributed by atoms with van der Waals surface area (Å²) in [4.78, 5) is 7.45. The molecule has 116 valence electrons.